The number of benzene rings is 1. The summed E-state index contributed by atoms with van der Waals surface area (Å²) in [5.41, 5.74) is 1.72. The molecule has 0 amide bonds. The molecule has 0 spiro atoms. The third-order valence-corrected chi connectivity index (χ3v) is 5.57. The number of aromatic nitrogens is 2. The van der Waals surface area contributed by atoms with Crippen molar-refractivity contribution in [2.45, 2.75) is 44.3 Å². The van der Waals surface area contributed by atoms with Crippen LogP contribution in [0.1, 0.15) is 30.8 Å². The van der Waals surface area contributed by atoms with Crippen molar-refractivity contribution in [2.24, 2.45) is 0 Å². The van der Waals surface area contributed by atoms with Crippen LogP contribution in [-0.2, 0) is 20.7 Å². The summed E-state index contributed by atoms with van der Waals surface area (Å²) >= 11 is 0. The van der Waals surface area contributed by atoms with Gasteiger partial charge in [0.15, 0.2) is 12.1 Å². The highest BCUT2D eigenvalue weighted by Crippen LogP contribution is 2.34. The molecule has 4 atom stereocenters. The number of aryl methyl sites for hydroxylation is 1. The monoisotopic (exact) mass is 429 g/mol. The summed E-state index contributed by atoms with van der Waals surface area (Å²) in [4.78, 5) is 17.3. The lowest BCUT2D eigenvalue weighted by atomic mass is 10.1. The molecule has 0 aliphatic carbocycles. The van der Waals surface area contributed by atoms with Crippen LogP contribution in [0.2, 0.25) is 0 Å². The van der Waals surface area contributed by atoms with Crippen molar-refractivity contribution in [1.82, 2.24) is 14.5 Å². The van der Waals surface area contributed by atoms with E-state index in [1.54, 1.807) is 4.57 Å². The van der Waals surface area contributed by atoms with Crippen LogP contribution in [0.15, 0.2) is 36.7 Å². The fourth-order valence-corrected chi connectivity index (χ4v) is 3.91. The molecule has 2 aromatic rings. The smallest absolute Gasteiger partial charge is 0.302 e. The average molecular weight is 429 g/mol. The van der Waals surface area contributed by atoms with Gasteiger partial charge in [-0.05, 0) is 18.4 Å². The lowest BCUT2D eigenvalue weighted by molar-refractivity contribution is -0.147. The van der Waals surface area contributed by atoms with Crippen LogP contribution in [0.25, 0.3) is 0 Å². The summed E-state index contributed by atoms with van der Waals surface area (Å²) in [6.07, 6.45) is -0.877. The van der Waals surface area contributed by atoms with Crippen LogP contribution in [0.5, 0.6) is 0 Å². The first kappa shape index (κ1) is 21.3. The van der Waals surface area contributed by atoms with Crippen LogP contribution < -0.4 is 5.32 Å². The molecule has 0 bridgehead atoms. The number of ether oxygens (including phenoxy) is 2. The first-order valence-corrected chi connectivity index (χ1v) is 10.3. The van der Waals surface area contributed by atoms with E-state index in [0.29, 0.717) is 30.6 Å². The van der Waals surface area contributed by atoms with E-state index in [9.17, 15) is 15.0 Å². The van der Waals surface area contributed by atoms with E-state index in [1.165, 1.54) is 18.8 Å². The minimum absolute atomic E-state index is 0.153. The van der Waals surface area contributed by atoms with E-state index in [0.717, 1.165) is 12.8 Å². The van der Waals surface area contributed by atoms with Crippen LogP contribution in [-0.4, -0.2) is 74.6 Å². The molecular weight excluding hydrogens is 402 g/mol. The Labute approximate surface area is 179 Å². The quantitative estimate of drug-likeness (QED) is 0.473. The lowest BCUT2D eigenvalue weighted by Gasteiger charge is -2.31. The van der Waals surface area contributed by atoms with Gasteiger partial charge in [-0.2, -0.15) is 0 Å². The first-order valence-electron chi connectivity index (χ1n) is 10.3. The molecule has 10 heteroatoms. The van der Waals surface area contributed by atoms with E-state index in [1.807, 2.05) is 23.1 Å². The third-order valence-electron chi connectivity index (χ3n) is 5.57. The number of carbonyl (C=O) groups excluding carboxylic acids is 1. The van der Waals surface area contributed by atoms with Gasteiger partial charge >= 0.3 is 5.97 Å². The Kier molecular flexibility index (Phi) is 6.21. The molecule has 166 valence electrons. The number of aliphatic hydroxyl groups excluding tert-OH is 2. The largest absolute Gasteiger partial charge is 0.463 e. The van der Waals surface area contributed by atoms with E-state index in [4.69, 9.17) is 14.9 Å². The van der Waals surface area contributed by atoms with Crippen molar-refractivity contribution in [3.05, 3.63) is 47.9 Å². The lowest BCUT2D eigenvalue weighted by Crippen LogP contribution is -2.41. The maximum atomic E-state index is 11.0. The van der Waals surface area contributed by atoms with Gasteiger partial charge in [0.2, 0.25) is 0 Å². The van der Waals surface area contributed by atoms with Gasteiger partial charge in [-0.15, -0.1) is 0 Å². The fourth-order valence-electron chi connectivity index (χ4n) is 3.91. The van der Waals surface area contributed by atoms with Gasteiger partial charge in [-0.25, -0.2) is 4.98 Å². The van der Waals surface area contributed by atoms with Crippen LogP contribution in [0, 0.1) is 5.41 Å². The molecule has 3 heterocycles. The third kappa shape index (κ3) is 4.41. The van der Waals surface area contributed by atoms with Crippen molar-refractivity contribution in [3.8, 4) is 0 Å². The molecule has 1 fully saturated rings. The number of fused-ring (bicyclic) bond motifs is 1. The predicted octanol–water partition coefficient (Wildman–Crippen LogP) is 0.709. The van der Waals surface area contributed by atoms with Gasteiger partial charge in [-0.1, -0.05) is 30.3 Å². The summed E-state index contributed by atoms with van der Waals surface area (Å²) < 4.78 is 12.2. The normalized spacial score (nSPS) is 25.3. The molecule has 1 aromatic heterocycles. The zero-order valence-electron chi connectivity index (χ0n) is 17.3. The molecule has 4 N–H and O–H groups in total. The van der Waals surface area contributed by atoms with E-state index >= 15 is 0 Å². The molecule has 2 aliphatic heterocycles. The van der Waals surface area contributed by atoms with Gasteiger partial charge in [0.1, 0.15) is 36.4 Å². The van der Waals surface area contributed by atoms with E-state index < -0.39 is 30.5 Å². The highest BCUT2D eigenvalue weighted by molar-refractivity contribution is 6.00. The van der Waals surface area contributed by atoms with Crippen molar-refractivity contribution >= 4 is 17.6 Å². The number of nitrogens with zero attached hydrogens (tertiary/aromatic N) is 3. The number of amidine groups is 1. The second-order valence-corrected chi connectivity index (χ2v) is 7.73. The molecule has 0 radical (unpaired) electrons. The van der Waals surface area contributed by atoms with Crippen LogP contribution >= 0.6 is 0 Å². The Morgan fingerprint density at radius 2 is 2.10 bits per heavy atom. The number of nitrogens with one attached hydrogen (secondary N) is 2. The number of hydrogen-bond donors (Lipinski definition) is 4. The van der Waals surface area contributed by atoms with Crippen LogP contribution in [0.3, 0.4) is 0 Å². The number of carbonyl (C=O) groups is 1. The molecule has 1 saturated heterocycles. The molecule has 1 aromatic carbocycles. The van der Waals surface area contributed by atoms with E-state index in [2.05, 4.69) is 22.4 Å². The number of rotatable bonds is 7. The SMILES string of the molecule is CC(=O)OC[C@H]1O[C@@H](n2cnc3c2NCN(CCCc2ccccc2)C3=N)[C@H](O)[C@@H]1O. The number of esters is 1. The second kappa shape index (κ2) is 9.04. The zero-order chi connectivity index (χ0) is 22.0. The molecule has 2 aliphatic rings. The van der Waals surface area contributed by atoms with Crippen molar-refractivity contribution < 1.29 is 24.5 Å². The summed E-state index contributed by atoms with van der Waals surface area (Å²) in [5.74, 6) is 0.356. The molecular formula is C21H27N5O5. The highest BCUT2D eigenvalue weighted by Gasteiger charge is 2.45. The second-order valence-electron chi connectivity index (χ2n) is 7.73. The summed E-state index contributed by atoms with van der Waals surface area (Å²) in [7, 11) is 0. The Bertz CT molecular complexity index is 933. The van der Waals surface area contributed by atoms with Gasteiger partial charge < -0.3 is 29.9 Å². The van der Waals surface area contributed by atoms with Crippen molar-refractivity contribution in [2.75, 3.05) is 25.1 Å². The number of anilines is 1. The molecule has 10 nitrogen and oxygen atoms in total. The van der Waals surface area contributed by atoms with E-state index in [-0.39, 0.29) is 6.61 Å². The highest BCUT2D eigenvalue weighted by atomic mass is 16.6. The summed E-state index contributed by atoms with van der Waals surface area (Å²) in [6.45, 7) is 2.25. The van der Waals surface area contributed by atoms with Gasteiger partial charge in [-0.3, -0.25) is 14.8 Å². The maximum Gasteiger partial charge on any atom is 0.302 e. The number of hydrogen-bond acceptors (Lipinski definition) is 8. The molecule has 31 heavy (non-hydrogen) atoms. The Morgan fingerprint density at radius 3 is 2.84 bits per heavy atom. The summed E-state index contributed by atoms with van der Waals surface area (Å²) in [5, 5.41) is 32.5. The Morgan fingerprint density at radius 1 is 1.32 bits per heavy atom. The Hall–Kier alpha value is -2.95. The molecule has 0 unspecified atom stereocenters. The zero-order valence-corrected chi connectivity index (χ0v) is 17.3. The fraction of sp³-hybridized carbons (Fsp3) is 0.476. The first-order chi connectivity index (χ1) is 15.0. The average Bonchev–Trinajstić information content (AvgIpc) is 3.31. The molecule has 4 rings (SSSR count). The van der Waals surface area contributed by atoms with Gasteiger partial charge in [0.05, 0.1) is 13.0 Å². The number of imidazole rings is 1. The Balaban J connectivity index is 1.40. The van der Waals surface area contributed by atoms with Gasteiger partial charge in [0, 0.05) is 13.5 Å². The van der Waals surface area contributed by atoms with Gasteiger partial charge in [0.25, 0.3) is 0 Å². The van der Waals surface area contributed by atoms with Crippen LogP contribution in [0.4, 0.5) is 5.82 Å². The maximum absolute atomic E-state index is 11.0. The molecule has 0 saturated carbocycles. The standard InChI is InChI=1S/C21H27N5O5/c1-13(27)30-10-15-17(28)18(29)21(31-15)26-12-23-16-19(22)25(11-24-20(16)26)9-5-8-14-6-3-2-4-7-14/h2-4,6-7,12,15,17-18,21-22,24,28-29H,5,8-11H2,1H3/t15-,17-,18-,21-/m1/s1. The minimum atomic E-state index is -1.22. The topological polar surface area (TPSA) is 133 Å². The predicted molar refractivity (Wildman–Crippen MR) is 112 cm³/mol. The van der Waals surface area contributed by atoms with Crippen molar-refractivity contribution in [1.29, 1.82) is 5.41 Å². The van der Waals surface area contributed by atoms with Crippen molar-refractivity contribution in [3.63, 3.8) is 0 Å². The minimum Gasteiger partial charge on any atom is -0.463 e. The summed E-state index contributed by atoms with van der Waals surface area (Å²) in [6, 6.07) is 10.2. The number of aliphatic hydroxyl groups is 2.